The molecule has 12 nitrogen and oxygen atoms in total. The van der Waals surface area contributed by atoms with Crippen LogP contribution in [0.3, 0.4) is 0 Å². The Morgan fingerprint density at radius 3 is 2.71 bits per heavy atom. The fourth-order valence-electron chi connectivity index (χ4n) is 2.92. The molecule has 1 atom stereocenters. The number of hydrogen-bond donors (Lipinski definition) is 1. The minimum atomic E-state index is -1.16. The van der Waals surface area contributed by atoms with Gasteiger partial charge in [-0.2, -0.15) is 4.68 Å². The number of esters is 1. The molecule has 2 aromatic carbocycles. The molecule has 0 spiro atoms. The van der Waals surface area contributed by atoms with E-state index in [4.69, 9.17) is 9.47 Å². The average Bonchev–Trinajstić information content (AvgIpc) is 3.27. The van der Waals surface area contributed by atoms with Crippen LogP contribution in [0.5, 0.6) is 5.75 Å². The molecule has 1 heterocycles. The van der Waals surface area contributed by atoms with Gasteiger partial charge in [0.2, 0.25) is 5.16 Å². The van der Waals surface area contributed by atoms with Crippen LogP contribution >= 0.6 is 11.8 Å². The zero-order chi connectivity index (χ0) is 24.8. The molecule has 178 valence electrons. The number of aryl methyl sites for hydroxylation is 2. The van der Waals surface area contributed by atoms with E-state index < -0.39 is 22.9 Å². The van der Waals surface area contributed by atoms with Crippen LogP contribution in [-0.2, 0) is 14.3 Å². The molecule has 0 radical (unpaired) electrons. The number of nitro benzene ring substituents is 1. The number of carbonyl (C=O) groups is 2. The molecule has 1 amide bonds. The molecule has 0 bridgehead atoms. The van der Waals surface area contributed by atoms with Gasteiger partial charge in [-0.25, -0.2) is 0 Å². The van der Waals surface area contributed by atoms with Gasteiger partial charge in [0.25, 0.3) is 11.6 Å². The lowest BCUT2D eigenvalue weighted by Crippen LogP contribution is -2.30. The monoisotopic (exact) mass is 486 g/mol. The van der Waals surface area contributed by atoms with Crippen LogP contribution in [0, 0.1) is 24.0 Å². The highest BCUT2D eigenvalue weighted by molar-refractivity contribution is 7.99. The largest absolute Gasteiger partial charge is 0.495 e. The van der Waals surface area contributed by atoms with Gasteiger partial charge in [-0.3, -0.25) is 19.7 Å². The van der Waals surface area contributed by atoms with Crippen molar-refractivity contribution in [1.29, 1.82) is 0 Å². The van der Waals surface area contributed by atoms with Gasteiger partial charge in [0.15, 0.2) is 6.10 Å². The van der Waals surface area contributed by atoms with E-state index in [2.05, 4.69) is 20.8 Å². The van der Waals surface area contributed by atoms with Crippen molar-refractivity contribution in [2.45, 2.75) is 32.0 Å². The third kappa shape index (κ3) is 5.86. The number of anilines is 1. The van der Waals surface area contributed by atoms with Crippen molar-refractivity contribution in [3.63, 3.8) is 0 Å². The second-order valence-electron chi connectivity index (χ2n) is 7.21. The molecule has 3 rings (SSSR count). The molecule has 3 aromatic rings. The van der Waals surface area contributed by atoms with Gasteiger partial charge in [-0.1, -0.05) is 23.9 Å². The van der Waals surface area contributed by atoms with Gasteiger partial charge in [0, 0.05) is 12.1 Å². The first-order chi connectivity index (χ1) is 16.2. The Morgan fingerprint density at radius 1 is 1.24 bits per heavy atom. The molecule has 34 heavy (non-hydrogen) atoms. The Balaban J connectivity index is 1.61. The number of nitro groups is 1. The number of aromatic nitrogens is 4. The summed E-state index contributed by atoms with van der Waals surface area (Å²) < 4.78 is 11.8. The second-order valence-corrected chi connectivity index (χ2v) is 8.16. The van der Waals surface area contributed by atoms with Crippen LogP contribution in [0.1, 0.15) is 18.1 Å². The van der Waals surface area contributed by atoms with Crippen molar-refractivity contribution < 1.29 is 24.0 Å². The Kier molecular flexibility index (Phi) is 7.79. The van der Waals surface area contributed by atoms with Gasteiger partial charge in [-0.05, 0) is 54.5 Å². The van der Waals surface area contributed by atoms with E-state index in [-0.39, 0.29) is 22.9 Å². The van der Waals surface area contributed by atoms with Crippen molar-refractivity contribution in [3.05, 3.63) is 57.6 Å². The number of hydrogen-bond acceptors (Lipinski definition) is 10. The molecule has 0 saturated carbocycles. The quantitative estimate of drug-likeness (QED) is 0.207. The summed E-state index contributed by atoms with van der Waals surface area (Å²) in [5.41, 5.74) is 2.65. The standard InChI is InChI=1S/C21H22N6O6S/c1-12-5-6-13(2)17(9-12)26-21(23-24-25-26)34-11-19(28)33-14(3)20(29)22-16-10-15(27(30)31)7-8-18(16)32-4/h5-10,14H,11H2,1-4H3,(H,22,29)/t14-/m0/s1. The highest BCUT2D eigenvalue weighted by Gasteiger charge is 2.22. The number of methoxy groups -OCH3 is 1. The minimum absolute atomic E-state index is 0.0895. The van der Waals surface area contributed by atoms with E-state index in [0.717, 1.165) is 34.6 Å². The molecule has 0 aliphatic rings. The number of benzene rings is 2. The summed E-state index contributed by atoms with van der Waals surface area (Å²) >= 11 is 1.07. The van der Waals surface area contributed by atoms with Crippen molar-refractivity contribution in [2.24, 2.45) is 0 Å². The number of nitrogens with one attached hydrogen (secondary N) is 1. The van der Waals surface area contributed by atoms with E-state index in [1.807, 2.05) is 32.0 Å². The van der Waals surface area contributed by atoms with E-state index in [9.17, 15) is 19.7 Å². The summed E-state index contributed by atoms with van der Waals surface area (Å²) in [6.07, 6.45) is -1.16. The third-order valence-corrected chi connectivity index (χ3v) is 5.57. The molecule has 0 aliphatic carbocycles. The van der Waals surface area contributed by atoms with Gasteiger partial charge < -0.3 is 14.8 Å². The number of nitrogens with zero attached hydrogens (tertiary/aromatic N) is 5. The lowest BCUT2D eigenvalue weighted by atomic mass is 10.1. The molecule has 0 fully saturated rings. The van der Waals surface area contributed by atoms with E-state index in [0.29, 0.717) is 5.16 Å². The predicted octanol–water partition coefficient (Wildman–Crippen LogP) is 2.86. The van der Waals surface area contributed by atoms with Crippen LogP contribution in [0.25, 0.3) is 5.69 Å². The summed E-state index contributed by atoms with van der Waals surface area (Å²) in [6, 6.07) is 9.63. The van der Waals surface area contributed by atoms with Crippen LogP contribution in [0.15, 0.2) is 41.6 Å². The minimum Gasteiger partial charge on any atom is -0.495 e. The molecule has 0 aliphatic heterocycles. The summed E-state index contributed by atoms with van der Waals surface area (Å²) in [4.78, 5) is 35.2. The summed E-state index contributed by atoms with van der Waals surface area (Å²) in [7, 11) is 1.36. The topological polar surface area (TPSA) is 151 Å². The maximum absolute atomic E-state index is 12.5. The normalized spacial score (nSPS) is 11.5. The molecular weight excluding hydrogens is 464 g/mol. The zero-order valence-electron chi connectivity index (χ0n) is 18.8. The molecule has 0 unspecified atom stereocenters. The van der Waals surface area contributed by atoms with Gasteiger partial charge >= 0.3 is 5.97 Å². The number of tetrazole rings is 1. The number of carbonyl (C=O) groups excluding carboxylic acids is 2. The van der Waals surface area contributed by atoms with Gasteiger partial charge in [0.1, 0.15) is 5.75 Å². The number of rotatable bonds is 9. The maximum atomic E-state index is 12.5. The SMILES string of the molecule is COc1ccc([N+](=O)[O-])cc1NC(=O)[C@H](C)OC(=O)CSc1nnnn1-c1cc(C)ccc1C. The first kappa shape index (κ1) is 24.6. The Hall–Kier alpha value is -4.00. The molecule has 1 aromatic heterocycles. The number of ether oxygens (including phenoxy) is 2. The Labute approximate surface area is 198 Å². The average molecular weight is 487 g/mol. The lowest BCUT2D eigenvalue weighted by Gasteiger charge is -2.15. The zero-order valence-corrected chi connectivity index (χ0v) is 19.7. The first-order valence-electron chi connectivity index (χ1n) is 10.0. The van der Waals surface area contributed by atoms with Gasteiger partial charge in [0.05, 0.1) is 29.2 Å². The number of amides is 1. The van der Waals surface area contributed by atoms with E-state index in [1.54, 1.807) is 0 Å². The number of non-ortho nitro benzene ring substituents is 1. The molecule has 13 heteroatoms. The van der Waals surface area contributed by atoms with Crippen molar-refractivity contribution >= 4 is 35.0 Å². The molecule has 1 N–H and O–H groups in total. The highest BCUT2D eigenvalue weighted by atomic mass is 32.2. The van der Waals surface area contributed by atoms with Crippen molar-refractivity contribution in [2.75, 3.05) is 18.2 Å². The van der Waals surface area contributed by atoms with Crippen LogP contribution in [-0.4, -0.2) is 56.0 Å². The fraction of sp³-hybridized carbons (Fsp3) is 0.286. The summed E-state index contributed by atoms with van der Waals surface area (Å²) in [6.45, 7) is 5.27. The fourth-order valence-corrected chi connectivity index (χ4v) is 3.58. The molecule has 0 saturated heterocycles. The smallest absolute Gasteiger partial charge is 0.317 e. The van der Waals surface area contributed by atoms with Crippen LogP contribution in [0.4, 0.5) is 11.4 Å². The number of thioether (sulfide) groups is 1. The highest BCUT2D eigenvalue weighted by Crippen LogP contribution is 2.29. The van der Waals surface area contributed by atoms with E-state index >= 15 is 0 Å². The molecular formula is C21H22N6O6S. The van der Waals surface area contributed by atoms with Crippen LogP contribution < -0.4 is 10.1 Å². The van der Waals surface area contributed by atoms with E-state index in [1.165, 1.54) is 30.8 Å². The Bertz CT molecular complexity index is 1230. The summed E-state index contributed by atoms with van der Waals surface area (Å²) in [5, 5.41) is 25.5. The predicted molar refractivity (Wildman–Crippen MR) is 123 cm³/mol. The lowest BCUT2D eigenvalue weighted by molar-refractivity contribution is -0.384. The van der Waals surface area contributed by atoms with Crippen molar-refractivity contribution in [1.82, 2.24) is 20.2 Å². The first-order valence-corrected chi connectivity index (χ1v) is 11.0. The van der Waals surface area contributed by atoms with Crippen LogP contribution in [0.2, 0.25) is 0 Å². The maximum Gasteiger partial charge on any atom is 0.317 e. The third-order valence-electron chi connectivity index (χ3n) is 4.68. The van der Waals surface area contributed by atoms with Crippen molar-refractivity contribution in [3.8, 4) is 11.4 Å². The second kappa shape index (κ2) is 10.7. The van der Waals surface area contributed by atoms with Gasteiger partial charge in [-0.15, -0.1) is 5.10 Å². The Morgan fingerprint density at radius 2 is 2.00 bits per heavy atom. The summed E-state index contributed by atoms with van der Waals surface area (Å²) in [5.74, 6) is -1.24.